The molecule has 0 saturated carbocycles. The van der Waals surface area contributed by atoms with Crippen molar-refractivity contribution in [2.24, 2.45) is 11.8 Å². The van der Waals surface area contributed by atoms with Crippen LogP contribution in [-0.4, -0.2) is 101 Å². The second-order valence-electron chi connectivity index (χ2n) is 20.4. The SMILES string of the molecule is CCCCCC/C=C\CCC(CCCCC(=O)OCC(COC(=O)CCCCC(OC/C=C\CCCCCC)OC/C=C\CCCCCC)COC(=O)OCC1CCCN(CC)C1)OC/C=C\CCCCCC. The van der Waals surface area contributed by atoms with Gasteiger partial charge in [-0.15, -0.1) is 0 Å². The lowest BCUT2D eigenvalue weighted by Gasteiger charge is -2.31. The standard InChI is InChI=1S/C62H111NO10/c1-6-11-15-19-23-24-28-32-42-58(67-48-37-29-25-20-16-12-7-2)43-33-34-44-59(64)70-53-57(55-73-62(66)72-52-56-41-40-47-63(10-5)51-56)54-71-60(65)45-35-36-46-61(68-49-38-30-26-21-17-13-8-3)69-50-39-31-27-22-18-14-9-4/h24,28-31,37-39,56-58,61H,6-23,25-27,32-36,40-55H2,1-5H3/b28-24-,37-29-,38-30-,39-31-. The average molecular weight is 1030 g/mol. The summed E-state index contributed by atoms with van der Waals surface area (Å²) >= 11 is 0. The summed E-state index contributed by atoms with van der Waals surface area (Å²) in [7, 11) is 0. The molecule has 0 radical (unpaired) electrons. The molecule has 0 aromatic rings. The largest absolute Gasteiger partial charge is 0.508 e. The molecule has 11 nitrogen and oxygen atoms in total. The van der Waals surface area contributed by atoms with Crippen molar-refractivity contribution in [2.75, 3.05) is 65.9 Å². The fourth-order valence-corrected chi connectivity index (χ4v) is 8.79. The van der Waals surface area contributed by atoms with Crippen LogP contribution in [0, 0.1) is 11.8 Å². The minimum atomic E-state index is -0.762. The Balaban J connectivity index is 2.73. The highest BCUT2D eigenvalue weighted by Crippen LogP contribution is 2.18. The zero-order chi connectivity index (χ0) is 52.9. The van der Waals surface area contributed by atoms with Crippen LogP contribution in [0.4, 0.5) is 4.79 Å². The fourth-order valence-electron chi connectivity index (χ4n) is 8.79. The minimum Gasteiger partial charge on any atom is -0.465 e. The molecule has 1 rings (SSSR count). The van der Waals surface area contributed by atoms with Crippen molar-refractivity contribution >= 4 is 18.1 Å². The zero-order valence-electron chi connectivity index (χ0n) is 47.7. The lowest BCUT2D eigenvalue weighted by atomic mass is 9.99. The van der Waals surface area contributed by atoms with Gasteiger partial charge in [-0.05, 0) is 122 Å². The minimum absolute atomic E-state index is 0.0362. The number of likely N-dealkylation sites (tertiary alicyclic amines) is 1. The molecule has 0 aromatic carbocycles. The van der Waals surface area contributed by atoms with Crippen molar-refractivity contribution in [2.45, 2.75) is 252 Å². The number of ether oxygens (including phenoxy) is 7. The smallest absolute Gasteiger partial charge is 0.465 e. The quantitative estimate of drug-likeness (QED) is 0.0190. The summed E-state index contributed by atoms with van der Waals surface area (Å²) in [6.07, 6.45) is 49.9. The molecule has 0 amide bonds. The van der Waals surface area contributed by atoms with E-state index in [9.17, 15) is 14.4 Å². The molecule has 3 atom stereocenters. The first-order valence-electron chi connectivity index (χ1n) is 30.1. The molecule has 0 N–H and O–H groups in total. The Morgan fingerprint density at radius 3 is 1.45 bits per heavy atom. The summed E-state index contributed by atoms with van der Waals surface area (Å²) < 4.78 is 41.0. The highest BCUT2D eigenvalue weighted by Gasteiger charge is 2.22. The first kappa shape index (κ1) is 68.0. The van der Waals surface area contributed by atoms with Crippen LogP contribution in [0.3, 0.4) is 0 Å². The van der Waals surface area contributed by atoms with Crippen molar-refractivity contribution in [3.05, 3.63) is 48.6 Å². The molecule has 424 valence electrons. The van der Waals surface area contributed by atoms with E-state index in [-0.39, 0.29) is 62.9 Å². The van der Waals surface area contributed by atoms with Gasteiger partial charge < -0.3 is 38.1 Å². The highest BCUT2D eigenvalue weighted by atomic mass is 16.7. The van der Waals surface area contributed by atoms with Gasteiger partial charge in [0.25, 0.3) is 0 Å². The Labute approximate surface area is 447 Å². The Morgan fingerprint density at radius 2 is 0.945 bits per heavy atom. The first-order chi connectivity index (χ1) is 35.8. The Kier molecular flexibility index (Phi) is 48.9. The second kappa shape index (κ2) is 52.5. The molecule has 3 unspecified atom stereocenters. The van der Waals surface area contributed by atoms with E-state index in [4.69, 9.17) is 33.2 Å². The van der Waals surface area contributed by atoms with Crippen molar-refractivity contribution in [3.8, 4) is 0 Å². The van der Waals surface area contributed by atoms with Crippen molar-refractivity contribution in [1.82, 2.24) is 4.90 Å². The summed E-state index contributed by atoms with van der Waals surface area (Å²) in [6.45, 7) is 15.7. The van der Waals surface area contributed by atoms with Gasteiger partial charge in [-0.3, -0.25) is 9.59 Å². The Bertz CT molecular complexity index is 1250. The first-order valence-corrected chi connectivity index (χ1v) is 30.1. The number of piperidine rings is 1. The van der Waals surface area contributed by atoms with Crippen LogP contribution in [0.1, 0.15) is 240 Å². The highest BCUT2D eigenvalue weighted by molar-refractivity contribution is 5.69. The number of rotatable bonds is 51. The van der Waals surface area contributed by atoms with Crippen LogP contribution in [0.2, 0.25) is 0 Å². The molecule has 1 aliphatic heterocycles. The van der Waals surface area contributed by atoms with E-state index in [0.717, 1.165) is 90.3 Å². The van der Waals surface area contributed by atoms with Crippen LogP contribution in [0.25, 0.3) is 0 Å². The molecule has 0 aromatic heterocycles. The predicted octanol–water partition coefficient (Wildman–Crippen LogP) is 16.3. The monoisotopic (exact) mass is 1030 g/mol. The molecular weight excluding hydrogens is 919 g/mol. The number of carbonyl (C=O) groups is 3. The maximum absolute atomic E-state index is 13.1. The topological polar surface area (TPSA) is 119 Å². The van der Waals surface area contributed by atoms with Crippen LogP contribution >= 0.6 is 0 Å². The molecule has 0 spiro atoms. The molecule has 11 heteroatoms. The number of nitrogens with zero attached hydrogens (tertiary/aromatic N) is 1. The number of unbranched alkanes of at least 4 members (excludes halogenated alkanes) is 18. The number of esters is 2. The van der Waals surface area contributed by atoms with Crippen molar-refractivity contribution in [3.63, 3.8) is 0 Å². The zero-order valence-corrected chi connectivity index (χ0v) is 47.7. The lowest BCUT2D eigenvalue weighted by molar-refractivity contribution is -0.150. The Hall–Kier alpha value is -2.99. The van der Waals surface area contributed by atoms with Crippen LogP contribution in [0.15, 0.2) is 48.6 Å². The van der Waals surface area contributed by atoms with E-state index in [2.05, 4.69) is 88.1 Å². The maximum atomic E-state index is 13.1. The summed E-state index contributed by atoms with van der Waals surface area (Å²) in [5, 5.41) is 0. The van der Waals surface area contributed by atoms with Gasteiger partial charge in [0, 0.05) is 25.3 Å². The van der Waals surface area contributed by atoms with Crippen LogP contribution < -0.4 is 0 Å². The molecular formula is C62H111NO10. The van der Waals surface area contributed by atoms with E-state index < -0.39 is 12.1 Å². The molecule has 1 heterocycles. The Morgan fingerprint density at radius 1 is 0.479 bits per heavy atom. The van der Waals surface area contributed by atoms with Gasteiger partial charge in [-0.2, -0.15) is 0 Å². The molecule has 73 heavy (non-hydrogen) atoms. The maximum Gasteiger partial charge on any atom is 0.508 e. The fraction of sp³-hybridized carbons (Fsp3) is 0.823. The van der Waals surface area contributed by atoms with Gasteiger partial charge in [-0.25, -0.2) is 4.79 Å². The number of hydrogen-bond donors (Lipinski definition) is 0. The van der Waals surface area contributed by atoms with Gasteiger partial charge >= 0.3 is 18.1 Å². The van der Waals surface area contributed by atoms with Gasteiger partial charge in [0.2, 0.25) is 0 Å². The van der Waals surface area contributed by atoms with Crippen LogP contribution in [-0.2, 0) is 42.7 Å². The van der Waals surface area contributed by atoms with Gasteiger partial charge in [0.05, 0.1) is 38.4 Å². The second-order valence-corrected chi connectivity index (χ2v) is 20.4. The predicted molar refractivity (Wildman–Crippen MR) is 301 cm³/mol. The average Bonchev–Trinajstić information content (AvgIpc) is 3.40. The normalized spacial score (nSPS) is 15.3. The van der Waals surface area contributed by atoms with Crippen LogP contribution in [0.5, 0.6) is 0 Å². The number of hydrogen-bond acceptors (Lipinski definition) is 11. The number of carbonyl (C=O) groups excluding carboxylic acids is 3. The van der Waals surface area contributed by atoms with Gasteiger partial charge in [0.15, 0.2) is 6.29 Å². The van der Waals surface area contributed by atoms with Crippen molar-refractivity contribution < 1.29 is 47.5 Å². The van der Waals surface area contributed by atoms with E-state index in [1.807, 2.05) is 0 Å². The lowest BCUT2D eigenvalue weighted by Crippen LogP contribution is -2.37. The van der Waals surface area contributed by atoms with E-state index in [1.54, 1.807) is 0 Å². The summed E-state index contributed by atoms with van der Waals surface area (Å²) in [6, 6.07) is 0. The molecule has 1 saturated heterocycles. The molecule has 1 fully saturated rings. The van der Waals surface area contributed by atoms with E-state index in [1.165, 1.54) is 103 Å². The summed E-state index contributed by atoms with van der Waals surface area (Å²) in [5.74, 6) is -0.945. The molecule has 0 aliphatic carbocycles. The van der Waals surface area contributed by atoms with Gasteiger partial charge in [0.1, 0.15) is 19.8 Å². The van der Waals surface area contributed by atoms with Gasteiger partial charge in [-0.1, -0.05) is 167 Å². The third-order valence-corrected chi connectivity index (χ3v) is 13.5. The third kappa shape index (κ3) is 45.0. The third-order valence-electron chi connectivity index (χ3n) is 13.5. The summed E-state index contributed by atoms with van der Waals surface area (Å²) in [5.41, 5.74) is 0. The number of allylic oxidation sites excluding steroid dienone is 5. The van der Waals surface area contributed by atoms with E-state index >= 15 is 0 Å². The molecule has 1 aliphatic rings. The molecule has 0 bridgehead atoms. The summed E-state index contributed by atoms with van der Waals surface area (Å²) in [4.78, 5) is 41.2. The van der Waals surface area contributed by atoms with Crippen molar-refractivity contribution in [1.29, 1.82) is 0 Å². The van der Waals surface area contributed by atoms with E-state index in [0.29, 0.717) is 45.7 Å².